The third kappa shape index (κ3) is 3.31. The molecule has 0 atom stereocenters. The Hall–Kier alpha value is -2.20. The van der Waals surface area contributed by atoms with Gasteiger partial charge < -0.3 is 9.80 Å². The van der Waals surface area contributed by atoms with Crippen LogP contribution in [0.5, 0.6) is 0 Å². The van der Waals surface area contributed by atoms with Crippen LogP contribution in [0.1, 0.15) is 11.4 Å². The molecule has 1 saturated heterocycles. The van der Waals surface area contributed by atoms with Gasteiger partial charge >= 0.3 is 0 Å². The van der Waals surface area contributed by atoms with Gasteiger partial charge in [-0.3, -0.25) is 5.10 Å². The van der Waals surface area contributed by atoms with Crippen molar-refractivity contribution in [2.24, 2.45) is 0 Å². The van der Waals surface area contributed by atoms with Crippen LogP contribution in [0.15, 0.2) is 17.0 Å². The Labute approximate surface area is 147 Å². The van der Waals surface area contributed by atoms with Gasteiger partial charge in [-0.2, -0.15) is 9.40 Å². The Morgan fingerprint density at radius 2 is 1.76 bits per heavy atom. The summed E-state index contributed by atoms with van der Waals surface area (Å²) in [6.45, 7) is 5.39. The van der Waals surface area contributed by atoms with E-state index in [4.69, 9.17) is 0 Å². The number of aromatic amines is 1. The molecule has 0 spiro atoms. The van der Waals surface area contributed by atoms with E-state index >= 15 is 0 Å². The number of sulfonamides is 1. The van der Waals surface area contributed by atoms with E-state index in [-0.39, 0.29) is 4.90 Å². The number of hydrogen-bond donors (Lipinski definition) is 1. The van der Waals surface area contributed by atoms with Crippen molar-refractivity contribution in [3.05, 3.63) is 23.5 Å². The van der Waals surface area contributed by atoms with Gasteiger partial charge in [0.2, 0.25) is 10.0 Å². The molecule has 0 unspecified atom stereocenters. The van der Waals surface area contributed by atoms with E-state index in [1.54, 1.807) is 13.8 Å². The first-order valence-electron chi connectivity index (χ1n) is 8.08. The van der Waals surface area contributed by atoms with E-state index in [9.17, 15) is 8.42 Å². The summed E-state index contributed by atoms with van der Waals surface area (Å²) >= 11 is 0. The van der Waals surface area contributed by atoms with Crippen molar-refractivity contribution in [2.75, 3.05) is 50.1 Å². The molecule has 3 heterocycles. The van der Waals surface area contributed by atoms with Gasteiger partial charge in [0.25, 0.3) is 0 Å². The smallest absolute Gasteiger partial charge is 0.246 e. The normalized spacial score (nSPS) is 16.2. The van der Waals surface area contributed by atoms with Gasteiger partial charge in [0.1, 0.15) is 4.90 Å². The predicted octanol–water partition coefficient (Wildman–Crippen LogP) is 0.393. The quantitative estimate of drug-likeness (QED) is 0.837. The number of hydrogen-bond acceptors (Lipinski definition) is 7. The lowest BCUT2D eigenvalue weighted by molar-refractivity contribution is 0.383. The van der Waals surface area contributed by atoms with Crippen LogP contribution in [0.4, 0.5) is 11.6 Å². The first kappa shape index (κ1) is 17.6. The van der Waals surface area contributed by atoms with E-state index in [1.807, 2.05) is 36.0 Å². The van der Waals surface area contributed by atoms with E-state index < -0.39 is 10.0 Å². The van der Waals surface area contributed by atoms with Crippen molar-refractivity contribution in [1.82, 2.24) is 24.7 Å². The third-order valence-corrected chi connectivity index (χ3v) is 6.48. The second-order valence-electron chi connectivity index (χ2n) is 6.30. The fourth-order valence-corrected chi connectivity index (χ4v) is 4.69. The molecular formula is C15H23N7O2S. The topological polar surface area (TPSA) is 98.3 Å². The summed E-state index contributed by atoms with van der Waals surface area (Å²) in [4.78, 5) is 4.22. The zero-order chi connectivity index (χ0) is 18.2. The molecule has 0 amide bonds. The van der Waals surface area contributed by atoms with Crippen LogP contribution in [-0.2, 0) is 10.0 Å². The maximum Gasteiger partial charge on any atom is 0.246 e. The first-order chi connectivity index (χ1) is 11.8. The van der Waals surface area contributed by atoms with E-state index in [1.165, 1.54) is 4.31 Å². The monoisotopic (exact) mass is 365 g/mol. The fraction of sp³-hybridized carbons (Fsp3) is 0.533. The number of aryl methyl sites for hydroxylation is 2. The zero-order valence-corrected chi connectivity index (χ0v) is 15.7. The van der Waals surface area contributed by atoms with Crippen LogP contribution < -0.4 is 9.80 Å². The Bertz CT molecular complexity index is 818. The maximum absolute atomic E-state index is 12.9. The van der Waals surface area contributed by atoms with Gasteiger partial charge in [0.05, 0.1) is 11.4 Å². The van der Waals surface area contributed by atoms with Crippen LogP contribution in [0.25, 0.3) is 0 Å². The highest BCUT2D eigenvalue weighted by atomic mass is 32.2. The lowest BCUT2D eigenvalue weighted by Gasteiger charge is -2.34. The number of piperazine rings is 1. The van der Waals surface area contributed by atoms with E-state index in [2.05, 4.69) is 20.4 Å². The highest BCUT2D eigenvalue weighted by Crippen LogP contribution is 2.24. The fourth-order valence-electron chi connectivity index (χ4n) is 2.93. The molecule has 0 bridgehead atoms. The molecule has 0 aromatic carbocycles. The third-order valence-electron chi connectivity index (χ3n) is 4.32. The zero-order valence-electron chi connectivity index (χ0n) is 14.9. The van der Waals surface area contributed by atoms with Crippen molar-refractivity contribution in [3.8, 4) is 0 Å². The lowest BCUT2D eigenvalue weighted by Crippen LogP contribution is -2.49. The van der Waals surface area contributed by atoms with Crippen molar-refractivity contribution in [3.63, 3.8) is 0 Å². The molecule has 1 N–H and O–H groups in total. The highest BCUT2D eigenvalue weighted by Gasteiger charge is 2.32. The Kier molecular flexibility index (Phi) is 4.65. The predicted molar refractivity (Wildman–Crippen MR) is 95.4 cm³/mol. The molecule has 0 saturated carbocycles. The van der Waals surface area contributed by atoms with E-state index in [0.29, 0.717) is 37.6 Å². The minimum absolute atomic E-state index is 0.288. The maximum atomic E-state index is 12.9. The molecule has 0 aliphatic carbocycles. The van der Waals surface area contributed by atoms with Gasteiger partial charge in [-0.1, -0.05) is 0 Å². The number of anilines is 2. The number of aromatic nitrogens is 4. The standard InChI is InChI=1S/C15H23N7O2S/c1-11-15(12(2)17-16-11)25(23,24)22-9-7-21(8-10-22)14-6-5-13(18-19-14)20(3)4/h5-6H,7-10H2,1-4H3,(H,16,17). The molecule has 10 heteroatoms. The first-order valence-corrected chi connectivity index (χ1v) is 9.52. The van der Waals surface area contributed by atoms with Crippen LogP contribution in [0, 0.1) is 13.8 Å². The summed E-state index contributed by atoms with van der Waals surface area (Å²) in [5.41, 5.74) is 1.08. The minimum atomic E-state index is -3.53. The summed E-state index contributed by atoms with van der Waals surface area (Å²) < 4.78 is 27.2. The Balaban J connectivity index is 1.71. The Morgan fingerprint density at radius 1 is 1.08 bits per heavy atom. The lowest BCUT2D eigenvalue weighted by atomic mass is 10.3. The summed E-state index contributed by atoms with van der Waals surface area (Å²) in [6.07, 6.45) is 0. The number of rotatable bonds is 4. The van der Waals surface area contributed by atoms with Crippen molar-refractivity contribution in [2.45, 2.75) is 18.7 Å². The Morgan fingerprint density at radius 3 is 2.24 bits per heavy atom. The van der Waals surface area contributed by atoms with Crippen LogP contribution in [0.3, 0.4) is 0 Å². The molecule has 1 aliphatic rings. The average molecular weight is 365 g/mol. The highest BCUT2D eigenvalue weighted by molar-refractivity contribution is 7.89. The molecule has 25 heavy (non-hydrogen) atoms. The molecule has 9 nitrogen and oxygen atoms in total. The molecular weight excluding hydrogens is 342 g/mol. The largest absolute Gasteiger partial charge is 0.361 e. The number of H-pyrrole nitrogens is 1. The molecule has 1 aliphatic heterocycles. The van der Waals surface area contributed by atoms with E-state index in [0.717, 1.165) is 11.6 Å². The van der Waals surface area contributed by atoms with Crippen molar-refractivity contribution < 1.29 is 8.42 Å². The molecule has 3 rings (SSSR count). The molecule has 2 aromatic rings. The second-order valence-corrected chi connectivity index (χ2v) is 8.17. The minimum Gasteiger partial charge on any atom is -0.361 e. The number of nitrogens with one attached hydrogen (secondary N) is 1. The number of nitrogens with zero attached hydrogens (tertiary/aromatic N) is 6. The van der Waals surface area contributed by atoms with Crippen LogP contribution in [-0.4, -0.2) is 73.4 Å². The SMILES string of the molecule is Cc1n[nH]c(C)c1S(=O)(=O)N1CCN(c2ccc(N(C)C)nn2)CC1. The van der Waals surface area contributed by atoms with Gasteiger partial charge in [0, 0.05) is 40.3 Å². The molecule has 2 aromatic heterocycles. The average Bonchev–Trinajstić information content (AvgIpc) is 2.94. The second kappa shape index (κ2) is 6.60. The van der Waals surface area contributed by atoms with Crippen molar-refractivity contribution >= 4 is 21.7 Å². The van der Waals surface area contributed by atoms with Crippen LogP contribution in [0.2, 0.25) is 0 Å². The summed E-state index contributed by atoms with van der Waals surface area (Å²) in [7, 11) is 0.286. The molecule has 0 radical (unpaired) electrons. The molecule has 136 valence electrons. The van der Waals surface area contributed by atoms with Crippen molar-refractivity contribution in [1.29, 1.82) is 0 Å². The van der Waals surface area contributed by atoms with Gasteiger partial charge in [0.15, 0.2) is 11.6 Å². The summed E-state index contributed by atoms with van der Waals surface area (Å²) in [5, 5.41) is 15.2. The molecule has 1 fully saturated rings. The van der Waals surface area contributed by atoms with Gasteiger partial charge in [-0.15, -0.1) is 10.2 Å². The summed E-state index contributed by atoms with van der Waals surface area (Å²) in [6, 6.07) is 3.82. The van der Waals surface area contributed by atoms with Gasteiger partial charge in [-0.25, -0.2) is 8.42 Å². The van der Waals surface area contributed by atoms with Crippen LogP contribution >= 0.6 is 0 Å². The van der Waals surface area contributed by atoms with Gasteiger partial charge in [-0.05, 0) is 26.0 Å². The summed E-state index contributed by atoms with van der Waals surface area (Å²) in [5.74, 6) is 1.55.